The highest BCUT2D eigenvalue weighted by atomic mass is 19.1. The normalized spacial score (nSPS) is 21.7. The van der Waals surface area contributed by atoms with E-state index in [2.05, 4.69) is 0 Å². The molecule has 0 aromatic heterocycles. The molecule has 1 aromatic rings. The van der Waals surface area contributed by atoms with Crippen LogP contribution in [-0.4, -0.2) is 25.8 Å². The van der Waals surface area contributed by atoms with Crippen molar-refractivity contribution in [3.63, 3.8) is 0 Å². The Labute approximate surface area is 88.6 Å². The second-order valence-electron chi connectivity index (χ2n) is 3.84. The maximum absolute atomic E-state index is 13.6. The Bertz CT molecular complexity index is 356. The molecule has 0 saturated carbocycles. The lowest BCUT2D eigenvalue weighted by Crippen LogP contribution is -2.41. The van der Waals surface area contributed by atoms with Crippen molar-refractivity contribution in [2.45, 2.75) is 13.0 Å². The van der Waals surface area contributed by atoms with E-state index in [4.69, 9.17) is 10.5 Å². The fraction of sp³-hybridized carbons (Fsp3) is 0.455. The number of anilines is 2. The summed E-state index contributed by atoms with van der Waals surface area (Å²) < 4.78 is 19.0. The van der Waals surface area contributed by atoms with Crippen molar-refractivity contribution in [3.05, 3.63) is 24.0 Å². The molecule has 1 heterocycles. The molecule has 82 valence electrons. The number of hydrogen-bond donors (Lipinski definition) is 1. The number of halogens is 1. The molecule has 0 amide bonds. The van der Waals surface area contributed by atoms with Gasteiger partial charge in [-0.05, 0) is 25.1 Å². The van der Waals surface area contributed by atoms with E-state index in [1.165, 1.54) is 6.07 Å². The number of rotatable bonds is 1. The molecule has 1 fully saturated rings. The second kappa shape index (κ2) is 4.06. The van der Waals surface area contributed by atoms with Crippen LogP contribution >= 0.6 is 0 Å². The Hall–Kier alpha value is -1.29. The van der Waals surface area contributed by atoms with Gasteiger partial charge in [0.05, 0.1) is 18.4 Å². The number of nitrogens with two attached hydrogens (primary N) is 1. The zero-order valence-corrected chi connectivity index (χ0v) is 8.74. The molecule has 0 aliphatic carbocycles. The SMILES string of the molecule is CC1CN(c2ccc(N)cc2F)CCO1. The Balaban J connectivity index is 2.21. The molecule has 0 radical (unpaired) electrons. The highest BCUT2D eigenvalue weighted by molar-refractivity contribution is 5.54. The molecule has 1 saturated heterocycles. The molecule has 1 aromatic carbocycles. The summed E-state index contributed by atoms with van der Waals surface area (Å²) in [5.74, 6) is -0.260. The maximum atomic E-state index is 13.6. The summed E-state index contributed by atoms with van der Waals surface area (Å²) in [6, 6.07) is 4.80. The third kappa shape index (κ3) is 2.21. The fourth-order valence-electron chi connectivity index (χ4n) is 1.82. The van der Waals surface area contributed by atoms with Crippen molar-refractivity contribution in [3.8, 4) is 0 Å². The highest BCUT2D eigenvalue weighted by Gasteiger charge is 2.19. The number of nitrogens with zero attached hydrogens (tertiary/aromatic N) is 1. The Morgan fingerprint density at radius 2 is 2.33 bits per heavy atom. The van der Waals surface area contributed by atoms with E-state index in [1.54, 1.807) is 12.1 Å². The molecule has 0 spiro atoms. The third-order valence-electron chi connectivity index (χ3n) is 2.55. The van der Waals surface area contributed by atoms with Crippen molar-refractivity contribution in [1.82, 2.24) is 0 Å². The Kier molecular flexibility index (Phi) is 2.77. The predicted molar refractivity (Wildman–Crippen MR) is 58.4 cm³/mol. The molecule has 15 heavy (non-hydrogen) atoms. The van der Waals surface area contributed by atoms with Crippen LogP contribution < -0.4 is 10.6 Å². The maximum Gasteiger partial charge on any atom is 0.148 e. The van der Waals surface area contributed by atoms with Crippen LogP contribution in [0.15, 0.2) is 18.2 Å². The van der Waals surface area contributed by atoms with E-state index in [-0.39, 0.29) is 11.9 Å². The van der Waals surface area contributed by atoms with Gasteiger partial charge in [0.15, 0.2) is 0 Å². The smallest absolute Gasteiger partial charge is 0.148 e. The topological polar surface area (TPSA) is 38.5 Å². The first-order valence-electron chi connectivity index (χ1n) is 5.08. The molecule has 1 aliphatic heterocycles. The Morgan fingerprint density at radius 3 is 3.00 bits per heavy atom. The quantitative estimate of drug-likeness (QED) is 0.716. The van der Waals surface area contributed by atoms with Gasteiger partial charge >= 0.3 is 0 Å². The minimum absolute atomic E-state index is 0.149. The van der Waals surface area contributed by atoms with Crippen LogP contribution in [-0.2, 0) is 4.74 Å². The van der Waals surface area contributed by atoms with Gasteiger partial charge in [0.1, 0.15) is 5.82 Å². The summed E-state index contributed by atoms with van der Waals surface area (Å²) in [4.78, 5) is 1.99. The standard InChI is InChI=1S/C11H15FN2O/c1-8-7-14(4-5-15-8)11-3-2-9(13)6-10(11)12/h2-3,6,8H,4-5,7,13H2,1H3. The molecular formula is C11H15FN2O. The number of ether oxygens (including phenoxy) is 1. The molecule has 1 aliphatic rings. The van der Waals surface area contributed by atoms with Crippen LogP contribution in [0.5, 0.6) is 0 Å². The van der Waals surface area contributed by atoms with Gasteiger partial charge in [0.2, 0.25) is 0 Å². The van der Waals surface area contributed by atoms with E-state index >= 15 is 0 Å². The van der Waals surface area contributed by atoms with Crippen molar-refractivity contribution in [2.24, 2.45) is 0 Å². The van der Waals surface area contributed by atoms with E-state index in [0.717, 1.165) is 13.1 Å². The Morgan fingerprint density at radius 1 is 1.53 bits per heavy atom. The number of morpholine rings is 1. The average Bonchev–Trinajstić information content (AvgIpc) is 2.17. The fourth-order valence-corrected chi connectivity index (χ4v) is 1.82. The summed E-state index contributed by atoms with van der Waals surface area (Å²) in [5.41, 5.74) is 6.57. The number of benzene rings is 1. The van der Waals surface area contributed by atoms with E-state index < -0.39 is 0 Å². The van der Waals surface area contributed by atoms with Crippen molar-refractivity contribution < 1.29 is 9.13 Å². The monoisotopic (exact) mass is 210 g/mol. The van der Waals surface area contributed by atoms with Crippen molar-refractivity contribution >= 4 is 11.4 Å². The van der Waals surface area contributed by atoms with Gasteiger partial charge in [0, 0.05) is 18.8 Å². The van der Waals surface area contributed by atoms with Crippen LogP contribution in [0.4, 0.5) is 15.8 Å². The first-order valence-corrected chi connectivity index (χ1v) is 5.08. The lowest BCUT2D eigenvalue weighted by molar-refractivity contribution is 0.0530. The third-order valence-corrected chi connectivity index (χ3v) is 2.55. The summed E-state index contributed by atoms with van der Waals surface area (Å²) in [5, 5.41) is 0. The molecule has 1 atom stereocenters. The van der Waals surface area contributed by atoms with Gasteiger partial charge in [-0.2, -0.15) is 0 Å². The first kappa shape index (κ1) is 10.2. The minimum atomic E-state index is -0.260. The highest BCUT2D eigenvalue weighted by Crippen LogP contribution is 2.23. The summed E-state index contributed by atoms with van der Waals surface area (Å²) >= 11 is 0. The van der Waals surface area contributed by atoms with Crippen LogP contribution in [0, 0.1) is 5.82 Å². The van der Waals surface area contributed by atoms with Gasteiger partial charge in [-0.3, -0.25) is 0 Å². The molecule has 4 heteroatoms. The van der Waals surface area contributed by atoms with E-state index in [9.17, 15) is 4.39 Å². The van der Waals surface area contributed by atoms with Crippen LogP contribution in [0.25, 0.3) is 0 Å². The van der Waals surface area contributed by atoms with Gasteiger partial charge in [-0.25, -0.2) is 4.39 Å². The lowest BCUT2D eigenvalue weighted by atomic mass is 10.2. The molecule has 2 rings (SSSR count). The molecule has 1 unspecified atom stereocenters. The van der Waals surface area contributed by atoms with Gasteiger partial charge < -0.3 is 15.4 Å². The zero-order valence-electron chi connectivity index (χ0n) is 8.74. The van der Waals surface area contributed by atoms with Crippen LogP contribution in [0.3, 0.4) is 0 Å². The molecule has 2 N–H and O–H groups in total. The second-order valence-corrected chi connectivity index (χ2v) is 3.84. The van der Waals surface area contributed by atoms with Crippen molar-refractivity contribution in [1.29, 1.82) is 0 Å². The zero-order chi connectivity index (χ0) is 10.8. The first-order chi connectivity index (χ1) is 7.16. The molecular weight excluding hydrogens is 195 g/mol. The van der Waals surface area contributed by atoms with Crippen LogP contribution in [0.2, 0.25) is 0 Å². The minimum Gasteiger partial charge on any atom is -0.399 e. The molecule has 3 nitrogen and oxygen atoms in total. The van der Waals surface area contributed by atoms with Crippen LogP contribution in [0.1, 0.15) is 6.92 Å². The largest absolute Gasteiger partial charge is 0.399 e. The summed E-state index contributed by atoms with van der Waals surface area (Å²) in [6.45, 7) is 4.08. The summed E-state index contributed by atoms with van der Waals surface area (Å²) in [6.07, 6.45) is 0.149. The summed E-state index contributed by atoms with van der Waals surface area (Å²) in [7, 11) is 0. The van der Waals surface area contributed by atoms with Gasteiger partial charge in [0.25, 0.3) is 0 Å². The average molecular weight is 210 g/mol. The van der Waals surface area contributed by atoms with E-state index in [1.807, 2.05) is 11.8 Å². The predicted octanol–water partition coefficient (Wildman–Crippen LogP) is 1.63. The van der Waals surface area contributed by atoms with Crippen molar-refractivity contribution in [2.75, 3.05) is 30.3 Å². The lowest BCUT2D eigenvalue weighted by Gasteiger charge is -2.33. The number of hydrogen-bond acceptors (Lipinski definition) is 3. The van der Waals surface area contributed by atoms with E-state index in [0.29, 0.717) is 18.0 Å². The van der Waals surface area contributed by atoms with Gasteiger partial charge in [-0.15, -0.1) is 0 Å². The molecule has 0 bridgehead atoms. The van der Waals surface area contributed by atoms with Gasteiger partial charge in [-0.1, -0.05) is 0 Å². The number of nitrogen functional groups attached to an aromatic ring is 1.